The summed E-state index contributed by atoms with van der Waals surface area (Å²) in [7, 11) is 1.79. The lowest BCUT2D eigenvalue weighted by atomic mass is 9.80. The summed E-state index contributed by atoms with van der Waals surface area (Å²) >= 11 is 0. The number of aryl methyl sites for hydroxylation is 1. The molecule has 8 nitrogen and oxygen atoms in total. The average molecular weight is 374 g/mol. The lowest BCUT2D eigenvalue weighted by molar-refractivity contribution is -0.144. The fourth-order valence-electron chi connectivity index (χ4n) is 3.93. The number of piperidine rings is 1. The van der Waals surface area contributed by atoms with Crippen LogP contribution < -0.4 is 5.32 Å². The molecule has 0 radical (unpaired) electrons. The monoisotopic (exact) mass is 374 g/mol. The van der Waals surface area contributed by atoms with Crippen LogP contribution in [0, 0.1) is 5.92 Å². The van der Waals surface area contributed by atoms with E-state index in [1.54, 1.807) is 47.6 Å². The van der Waals surface area contributed by atoms with Crippen molar-refractivity contribution in [3.05, 3.63) is 31.0 Å². The highest BCUT2D eigenvalue weighted by atomic mass is 19.1. The predicted octanol–water partition coefficient (Wildman–Crippen LogP) is 1.32. The molecule has 1 aliphatic carbocycles. The third kappa shape index (κ3) is 3.22. The van der Waals surface area contributed by atoms with Crippen molar-refractivity contribution >= 4 is 17.6 Å². The number of aromatic nitrogens is 4. The molecule has 0 aromatic carbocycles. The molecule has 3 heterocycles. The molecule has 0 atom stereocenters. The molecule has 9 heteroatoms. The number of alkyl halides is 1. The van der Waals surface area contributed by atoms with Crippen molar-refractivity contribution in [1.82, 2.24) is 24.2 Å². The number of carbonyl (C=O) groups excluding carboxylic acids is 2. The largest absolute Gasteiger partial charge is 0.342 e. The number of amides is 2. The Balaban J connectivity index is 1.49. The highest BCUT2D eigenvalue weighted by molar-refractivity contribution is 5.96. The van der Waals surface area contributed by atoms with E-state index in [4.69, 9.17) is 0 Å². The van der Waals surface area contributed by atoms with E-state index in [9.17, 15) is 14.0 Å². The van der Waals surface area contributed by atoms with Crippen LogP contribution in [-0.4, -0.2) is 55.3 Å². The Labute approximate surface area is 156 Å². The smallest absolute Gasteiger partial charge is 0.251 e. The van der Waals surface area contributed by atoms with E-state index in [1.807, 2.05) is 4.57 Å². The second kappa shape index (κ2) is 6.79. The van der Waals surface area contributed by atoms with Gasteiger partial charge in [-0.1, -0.05) is 0 Å². The number of halogens is 1. The minimum Gasteiger partial charge on any atom is -0.342 e. The summed E-state index contributed by atoms with van der Waals surface area (Å²) in [5.41, 5.74) is -0.826. The van der Waals surface area contributed by atoms with Crippen LogP contribution in [0.3, 0.4) is 0 Å². The molecule has 1 saturated carbocycles. The highest BCUT2D eigenvalue weighted by Gasteiger charge is 2.46. The molecule has 1 saturated heterocycles. The van der Waals surface area contributed by atoms with E-state index in [0.29, 0.717) is 44.6 Å². The third-order valence-corrected chi connectivity index (χ3v) is 5.71. The summed E-state index contributed by atoms with van der Waals surface area (Å²) in [6, 6.07) is 1.74. The van der Waals surface area contributed by atoms with Crippen LogP contribution in [0.4, 0.5) is 10.2 Å². The van der Waals surface area contributed by atoms with Gasteiger partial charge in [0.1, 0.15) is 11.7 Å². The van der Waals surface area contributed by atoms with Crippen molar-refractivity contribution in [1.29, 1.82) is 0 Å². The molecule has 0 unspecified atom stereocenters. The van der Waals surface area contributed by atoms with Crippen molar-refractivity contribution in [2.45, 2.75) is 37.4 Å². The van der Waals surface area contributed by atoms with Crippen LogP contribution >= 0.6 is 0 Å². The minimum atomic E-state index is -0.849. The Morgan fingerprint density at radius 3 is 2.56 bits per heavy atom. The molecule has 2 aliphatic rings. The van der Waals surface area contributed by atoms with E-state index >= 15 is 0 Å². The summed E-state index contributed by atoms with van der Waals surface area (Å²) in [6.45, 7) is 0.917. The first-order chi connectivity index (χ1) is 13.0. The Bertz CT molecular complexity index is 819. The van der Waals surface area contributed by atoms with Crippen LogP contribution in [0.5, 0.6) is 0 Å². The Morgan fingerprint density at radius 2 is 2.00 bits per heavy atom. The van der Waals surface area contributed by atoms with Crippen molar-refractivity contribution in [2.75, 3.05) is 18.4 Å². The molecule has 144 valence electrons. The van der Waals surface area contributed by atoms with Crippen LogP contribution in [-0.2, 0) is 22.2 Å². The summed E-state index contributed by atoms with van der Waals surface area (Å²) in [6.07, 6.45) is 7.55. The second-order valence-electron chi connectivity index (χ2n) is 7.42. The van der Waals surface area contributed by atoms with E-state index in [1.165, 1.54) is 0 Å². The van der Waals surface area contributed by atoms with E-state index in [0.717, 1.165) is 0 Å². The number of carbonyl (C=O) groups is 2. The number of nitrogens with zero attached hydrogens (tertiary/aromatic N) is 5. The first-order valence-electron chi connectivity index (χ1n) is 9.20. The first kappa shape index (κ1) is 17.7. The molecular formula is C18H23FN6O2. The minimum absolute atomic E-state index is 0.00765. The molecule has 2 amide bonds. The summed E-state index contributed by atoms with van der Waals surface area (Å²) < 4.78 is 16.5. The van der Waals surface area contributed by atoms with Gasteiger partial charge in [-0.05, 0) is 25.7 Å². The van der Waals surface area contributed by atoms with Gasteiger partial charge in [0.15, 0.2) is 5.82 Å². The molecule has 2 aromatic heterocycles. The lowest BCUT2D eigenvalue weighted by Crippen LogP contribution is -2.55. The number of anilines is 1. The van der Waals surface area contributed by atoms with Gasteiger partial charge in [0, 0.05) is 50.7 Å². The maximum Gasteiger partial charge on any atom is 0.251 e. The molecule has 1 N–H and O–H groups in total. The van der Waals surface area contributed by atoms with Crippen LogP contribution in [0.2, 0.25) is 0 Å². The van der Waals surface area contributed by atoms with Gasteiger partial charge in [-0.15, -0.1) is 0 Å². The summed E-state index contributed by atoms with van der Waals surface area (Å²) in [5, 5.41) is 7.09. The quantitative estimate of drug-likeness (QED) is 0.875. The predicted molar refractivity (Wildman–Crippen MR) is 95.5 cm³/mol. The number of rotatable bonds is 4. The van der Waals surface area contributed by atoms with Gasteiger partial charge in [0.05, 0.1) is 6.33 Å². The van der Waals surface area contributed by atoms with Crippen LogP contribution in [0.1, 0.15) is 25.7 Å². The number of likely N-dealkylation sites (tertiary alicyclic amines) is 1. The number of nitrogens with one attached hydrogen (secondary N) is 1. The summed E-state index contributed by atoms with van der Waals surface area (Å²) in [5.74, 6) is 0.124. The highest BCUT2D eigenvalue weighted by Crippen LogP contribution is 2.36. The van der Waals surface area contributed by atoms with E-state index < -0.39 is 11.7 Å². The van der Waals surface area contributed by atoms with Gasteiger partial charge in [-0.3, -0.25) is 14.3 Å². The number of hydrogen-bond acceptors (Lipinski definition) is 4. The zero-order chi connectivity index (χ0) is 19.0. The molecular weight excluding hydrogens is 351 g/mol. The molecule has 2 aromatic rings. The SMILES string of the molecule is Cn1ccc(NC(=O)C2(n3ccnc3)CCN(C(=O)C3CC(F)C3)CC2)n1. The standard InChI is InChI=1S/C18H23FN6O2/c1-23-6-2-15(22-23)21-17(27)18(25-9-5-20-12-25)3-7-24(8-4-18)16(26)13-10-14(19)11-13/h2,5-6,9,12-14H,3-4,7-8,10-11H2,1H3,(H,21,22,27). The Hall–Kier alpha value is -2.71. The van der Waals surface area contributed by atoms with Gasteiger partial charge in [0.25, 0.3) is 5.91 Å². The average Bonchev–Trinajstić information content (AvgIpc) is 3.31. The second-order valence-corrected chi connectivity index (χ2v) is 7.42. The van der Waals surface area contributed by atoms with Crippen LogP contribution in [0.25, 0.3) is 0 Å². The molecule has 0 spiro atoms. The van der Waals surface area contributed by atoms with Gasteiger partial charge < -0.3 is 14.8 Å². The van der Waals surface area contributed by atoms with Gasteiger partial charge >= 0.3 is 0 Å². The third-order valence-electron chi connectivity index (χ3n) is 5.71. The maximum atomic E-state index is 13.2. The van der Waals surface area contributed by atoms with Crippen LogP contribution in [0.15, 0.2) is 31.0 Å². The van der Waals surface area contributed by atoms with Gasteiger partial charge in [0.2, 0.25) is 5.91 Å². The summed E-state index contributed by atoms with van der Waals surface area (Å²) in [4.78, 5) is 31.5. The maximum absolute atomic E-state index is 13.2. The Morgan fingerprint density at radius 1 is 1.26 bits per heavy atom. The molecule has 1 aliphatic heterocycles. The molecule has 4 rings (SSSR count). The number of imidazole rings is 1. The topological polar surface area (TPSA) is 85.0 Å². The first-order valence-corrected chi connectivity index (χ1v) is 9.20. The normalized spacial score (nSPS) is 24.3. The Kier molecular flexibility index (Phi) is 4.45. The van der Waals surface area contributed by atoms with Crippen molar-refractivity contribution in [2.24, 2.45) is 13.0 Å². The van der Waals surface area contributed by atoms with Crippen molar-refractivity contribution < 1.29 is 14.0 Å². The van der Waals surface area contributed by atoms with E-state index in [-0.39, 0.29) is 17.7 Å². The zero-order valence-corrected chi connectivity index (χ0v) is 15.2. The zero-order valence-electron chi connectivity index (χ0n) is 15.2. The molecule has 27 heavy (non-hydrogen) atoms. The van der Waals surface area contributed by atoms with E-state index in [2.05, 4.69) is 15.4 Å². The van der Waals surface area contributed by atoms with Crippen molar-refractivity contribution in [3.8, 4) is 0 Å². The molecule has 2 fully saturated rings. The van der Waals surface area contributed by atoms with Gasteiger partial charge in [-0.25, -0.2) is 9.37 Å². The van der Waals surface area contributed by atoms with Crippen molar-refractivity contribution in [3.63, 3.8) is 0 Å². The number of hydrogen-bond donors (Lipinski definition) is 1. The van der Waals surface area contributed by atoms with Gasteiger partial charge in [-0.2, -0.15) is 5.10 Å². The lowest BCUT2D eigenvalue weighted by Gasteiger charge is -2.43. The fraction of sp³-hybridized carbons (Fsp3) is 0.556. The fourth-order valence-corrected chi connectivity index (χ4v) is 3.93. The molecule has 0 bridgehead atoms.